The maximum absolute atomic E-state index is 4.79. The average Bonchev–Trinajstić information content (AvgIpc) is 3.15. The van der Waals surface area contributed by atoms with E-state index in [1.807, 2.05) is 0 Å². The van der Waals surface area contributed by atoms with Crippen molar-refractivity contribution in [3.8, 4) is 11.4 Å². The molecular weight excluding hydrogens is 236 g/mol. The van der Waals surface area contributed by atoms with Gasteiger partial charge in [0.25, 0.3) is 0 Å². The molecule has 0 aliphatic carbocycles. The van der Waals surface area contributed by atoms with E-state index in [-0.39, 0.29) is 0 Å². The van der Waals surface area contributed by atoms with Crippen LogP contribution < -0.4 is 4.90 Å². The second-order valence-electron chi connectivity index (χ2n) is 5.42. The minimum atomic E-state index is 1.01. The number of aromatic nitrogens is 3. The van der Waals surface area contributed by atoms with Crippen LogP contribution in [0.3, 0.4) is 0 Å². The fourth-order valence-corrected chi connectivity index (χ4v) is 3.07. The number of hydrogen-bond acceptors (Lipinski definition) is 3. The van der Waals surface area contributed by atoms with Crippen LogP contribution in [0, 0.1) is 0 Å². The summed E-state index contributed by atoms with van der Waals surface area (Å²) in [4.78, 5) is 7.16. The summed E-state index contributed by atoms with van der Waals surface area (Å²) in [6.07, 6.45) is 4.94. The first kappa shape index (κ1) is 11.0. The molecular formula is C15H18N4. The number of pyridine rings is 1. The van der Waals surface area contributed by atoms with E-state index in [4.69, 9.17) is 4.98 Å². The summed E-state index contributed by atoms with van der Waals surface area (Å²) in [5.41, 5.74) is 3.38. The van der Waals surface area contributed by atoms with E-state index in [0.717, 1.165) is 43.3 Å². The molecule has 1 fully saturated rings. The molecule has 2 aromatic heterocycles. The summed E-state index contributed by atoms with van der Waals surface area (Å²) >= 11 is 0. The fraction of sp³-hybridized carbons (Fsp3) is 0.467. The quantitative estimate of drug-likeness (QED) is 0.825. The minimum Gasteiger partial charge on any atom is -0.357 e. The molecule has 19 heavy (non-hydrogen) atoms. The SMILES string of the molecule is c1cc(-c2cc3n(n2)CCC3)nc(N2CCCC2)c1. The molecule has 2 aromatic rings. The predicted molar refractivity (Wildman–Crippen MR) is 75.2 cm³/mol. The molecule has 2 aliphatic heterocycles. The van der Waals surface area contributed by atoms with Crippen molar-refractivity contribution in [1.29, 1.82) is 0 Å². The van der Waals surface area contributed by atoms with Gasteiger partial charge >= 0.3 is 0 Å². The van der Waals surface area contributed by atoms with Gasteiger partial charge in [0.15, 0.2) is 0 Å². The highest BCUT2D eigenvalue weighted by Gasteiger charge is 2.17. The first-order valence-electron chi connectivity index (χ1n) is 7.19. The first-order chi connectivity index (χ1) is 9.40. The zero-order valence-electron chi connectivity index (χ0n) is 11.0. The Morgan fingerprint density at radius 2 is 1.84 bits per heavy atom. The van der Waals surface area contributed by atoms with Gasteiger partial charge in [-0.25, -0.2) is 4.98 Å². The lowest BCUT2D eigenvalue weighted by atomic mass is 10.2. The summed E-state index contributed by atoms with van der Waals surface area (Å²) in [6.45, 7) is 3.33. The van der Waals surface area contributed by atoms with E-state index in [1.54, 1.807) is 0 Å². The largest absolute Gasteiger partial charge is 0.357 e. The fourth-order valence-electron chi connectivity index (χ4n) is 3.07. The van der Waals surface area contributed by atoms with Crippen molar-refractivity contribution in [2.24, 2.45) is 0 Å². The molecule has 4 nitrogen and oxygen atoms in total. The number of aryl methyl sites for hydroxylation is 2. The van der Waals surface area contributed by atoms with Gasteiger partial charge in [0.05, 0.1) is 5.69 Å². The Kier molecular flexibility index (Phi) is 2.53. The van der Waals surface area contributed by atoms with Crippen LogP contribution in [-0.2, 0) is 13.0 Å². The monoisotopic (exact) mass is 254 g/mol. The Balaban J connectivity index is 1.68. The maximum Gasteiger partial charge on any atom is 0.129 e. The van der Waals surface area contributed by atoms with Crippen LogP contribution in [-0.4, -0.2) is 27.9 Å². The van der Waals surface area contributed by atoms with Crippen LogP contribution in [0.2, 0.25) is 0 Å². The van der Waals surface area contributed by atoms with E-state index in [1.165, 1.54) is 25.0 Å². The molecule has 0 aromatic carbocycles. The van der Waals surface area contributed by atoms with E-state index in [0.29, 0.717) is 0 Å². The third-order valence-corrected chi connectivity index (χ3v) is 4.09. The number of anilines is 1. The normalized spacial score (nSPS) is 18.0. The first-order valence-corrected chi connectivity index (χ1v) is 7.19. The lowest BCUT2D eigenvalue weighted by molar-refractivity contribution is 0.658. The standard InChI is InChI=1S/C15H18N4/c1-2-9-18(8-1)15-7-3-6-13(16-15)14-11-12-5-4-10-19(12)17-14/h3,6-7,11H,1-2,4-5,8-10H2. The van der Waals surface area contributed by atoms with Crippen molar-refractivity contribution in [2.45, 2.75) is 32.2 Å². The van der Waals surface area contributed by atoms with Crippen molar-refractivity contribution < 1.29 is 0 Å². The van der Waals surface area contributed by atoms with Crippen molar-refractivity contribution in [3.63, 3.8) is 0 Å². The van der Waals surface area contributed by atoms with Crippen molar-refractivity contribution >= 4 is 5.82 Å². The zero-order valence-corrected chi connectivity index (χ0v) is 11.0. The lowest BCUT2D eigenvalue weighted by Crippen LogP contribution is -2.18. The Morgan fingerprint density at radius 3 is 2.68 bits per heavy atom. The van der Waals surface area contributed by atoms with Gasteiger partial charge in [0.1, 0.15) is 11.5 Å². The summed E-state index contributed by atoms with van der Waals surface area (Å²) < 4.78 is 2.12. The summed E-state index contributed by atoms with van der Waals surface area (Å²) in [5.74, 6) is 1.10. The van der Waals surface area contributed by atoms with Crippen LogP contribution >= 0.6 is 0 Å². The Bertz CT molecular complexity index is 574. The highest BCUT2D eigenvalue weighted by Crippen LogP contribution is 2.25. The highest BCUT2D eigenvalue weighted by atomic mass is 15.3. The topological polar surface area (TPSA) is 34.0 Å². The second kappa shape index (κ2) is 4.37. The van der Waals surface area contributed by atoms with Gasteiger partial charge in [-0.2, -0.15) is 5.10 Å². The Labute approximate surface area is 113 Å². The molecule has 4 rings (SSSR count). The molecule has 4 heteroatoms. The van der Waals surface area contributed by atoms with Gasteiger partial charge in [0.2, 0.25) is 0 Å². The molecule has 0 amide bonds. The number of nitrogens with zero attached hydrogens (tertiary/aromatic N) is 4. The van der Waals surface area contributed by atoms with Crippen molar-refractivity contribution in [3.05, 3.63) is 30.0 Å². The maximum atomic E-state index is 4.79. The number of hydrogen-bond donors (Lipinski definition) is 0. The van der Waals surface area contributed by atoms with E-state index < -0.39 is 0 Å². The molecule has 1 saturated heterocycles. The Morgan fingerprint density at radius 1 is 0.947 bits per heavy atom. The van der Waals surface area contributed by atoms with Gasteiger partial charge < -0.3 is 4.90 Å². The van der Waals surface area contributed by atoms with Crippen molar-refractivity contribution in [2.75, 3.05) is 18.0 Å². The van der Waals surface area contributed by atoms with Crippen LogP contribution in [0.5, 0.6) is 0 Å². The second-order valence-corrected chi connectivity index (χ2v) is 5.42. The third kappa shape index (κ3) is 1.91. The van der Waals surface area contributed by atoms with Crippen LogP contribution in [0.15, 0.2) is 24.3 Å². The smallest absolute Gasteiger partial charge is 0.129 e. The summed E-state index contributed by atoms with van der Waals surface area (Å²) in [6, 6.07) is 8.47. The predicted octanol–water partition coefficient (Wildman–Crippen LogP) is 2.49. The molecule has 98 valence electrons. The number of fused-ring (bicyclic) bond motifs is 1. The molecule has 0 unspecified atom stereocenters. The zero-order chi connectivity index (χ0) is 12.7. The summed E-state index contributed by atoms with van der Waals surface area (Å²) in [7, 11) is 0. The van der Waals surface area contributed by atoms with Gasteiger partial charge in [-0.3, -0.25) is 4.68 Å². The lowest BCUT2D eigenvalue weighted by Gasteiger charge is -2.16. The summed E-state index contributed by atoms with van der Waals surface area (Å²) in [5, 5.41) is 4.66. The van der Waals surface area contributed by atoms with Gasteiger partial charge in [-0.05, 0) is 43.9 Å². The number of rotatable bonds is 2. The highest BCUT2D eigenvalue weighted by molar-refractivity contribution is 5.58. The molecule has 0 N–H and O–H groups in total. The molecule has 0 atom stereocenters. The molecule has 4 heterocycles. The third-order valence-electron chi connectivity index (χ3n) is 4.09. The van der Waals surface area contributed by atoms with Crippen LogP contribution in [0.25, 0.3) is 11.4 Å². The molecule has 0 bridgehead atoms. The average molecular weight is 254 g/mol. The van der Waals surface area contributed by atoms with Crippen LogP contribution in [0.4, 0.5) is 5.82 Å². The molecule has 0 spiro atoms. The van der Waals surface area contributed by atoms with Crippen molar-refractivity contribution in [1.82, 2.24) is 14.8 Å². The molecule has 0 radical (unpaired) electrons. The van der Waals surface area contributed by atoms with Gasteiger partial charge in [0, 0.05) is 25.3 Å². The van der Waals surface area contributed by atoms with E-state index in [2.05, 4.69) is 38.9 Å². The molecule has 2 aliphatic rings. The Hall–Kier alpha value is -1.84. The van der Waals surface area contributed by atoms with E-state index in [9.17, 15) is 0 Å². The minimum absolute atomic E-state index is 1.01. The van der Waals surface area contributed by atoms with Gasteiger partial charge in [-0.1, -0.05) is 6.07 Å². The van der Waals surface area contributed by atoms with Crippen LogP contribution in [0.1, 0.15) is 25.0 Å². The molecule has 0 saturated carbocycles. The van der Waals surface area contributed by atoms with E-state index >= 15 is 0 Å². The van der Waals surface area contributed by atoms with Gasteiger partial charge in [-0.15, -0.1) is 0 Å².